The number of rotatable bonds is 19. The van der Waals surface area contributed by atoms with Crippen LogP contribution in [0, 0.1) is 5.92 Å². The maximum absolute atomic E-state index is 13.4. The number of furan rings is 1. The lowest BCUT2D eigenvalue weighted by atomic mass is 9.90. The van der Waals surface area contributed by atoms with E-state index in [-0.39, 0.29) is 36.9 Å². The molecule has 12 heteroatoms. The minimum absolute atomic E-state index is 0.00631. The summed E-state index contributed by atoms with van der Waals surface area (Å²) in [5, 5.41) is 6.63. The third-order valence-corrected chi connectivity index (χ3v) is 7.69. The molecule has 3 aromatic rings. The van der Waals surface area contributed by atoms with Gasteiger partial charge in [0.05, 0.1) is 44.8 Å². The number of unbranched alkanes of at least 4 members (excludes halogenated alkanes) is 2. The molecule has 0 fully saturated rings. The Kier molecular flexibility index (Phi) is 14.7. The molecule has 47 heavy (non-hydrogen) atoms. The third-order valence-electron chi connectivity index (χ3n) is 7.69. The number of hydroxylamine groups is 2. The number of hydrogen-bond donors (Lipinski definition) is 2. The summed E-state index contributed by atoms with van der Waals surface area (Å²) in [6, 6.07) is 16.7. The van der Waals surface area contributed by atoms with Gasteiger partial charge in [0.1, 0.15) is 12.4 Å². The van der Waals surface area contributed by atoms with Crippen LogP contribution in [0.2, 0.25) is 0 Å². The van der Waals surface area contributed by atoms with Gasteiger partial charge in [-0.3, -0.25) is 24.0 Å². The molecule has 2 atom stereocenters. The second-order valence-electron chi connectivity index (χ2n) is 10.8. The molecule has 252 valence electrons. The summed E-state index contributed by atoms with van der Waals surface area (Å²) in [7, 11) is 2.49. The second-order valence-corrected chi connectivity index (χ2v) is 10.8. The van der Waals surface area contributed by atoms with Crippen molar-refractivity contribution in [2.75, 3.05) is 20.9 Å². The van der Waals surface area contributed by atoms with Crippen LogP contribution >= 0.6 is 0 Å². The zero-order valence-corrected chi connectivity index (χ0v) is 27.3. The highest BCUT2D eigenvalue weighted by Gasteiger charge is 2.32. The smallest absolute Gasteiger partial charge is 0.338 e. The first-order valence-electron chi connectivity index (χ1n) is 15.6. The van der Waals surface area contributed by atoms with Crippen molar-refractivity contribution in [3.63, 3.8) is 0 Å². The minimum atomic E-state index is -0.603. The lowest BCUT2D eigenvalue weighted by molar-refractivity contribution is -0.200. The largest absolute Gasteiger partial charge is 0.469 e. The predicted octanol–water partition coefficient (Wildman–Crippen LogP) is 4.82. The SMILES string of the molecule is CCCCCC(C(=O)NCNC(=O)c1ccc(-c2ccc(C(=O)OC)c(CC(=O)OC)c2)o1)C(CC)N(C=O)OCc1ccccc1. The molecule has 0 bridgehead atoms. The van der Waals surface area contributed by atoms with Gasteiger partial charge in [-0.2, -0.15) is 0 Å². The molecular weight excluding hydrogens is 606 g/mol. The number of esters is 2. The van der Waals surface area contributed by atoms with Crippen LogP contribution in [-0.4, -0.2) is 62.2 Å². The summed E-state index contributed by atoms with van der Waals surface area (Å²) < 4.78 is 15.3. The highest BCUT2D eigenvalue weighted by Crippen LogP contribution is 2.26. The predicted molar refractivity (Wildman–Crippen MR) is 173 cm³/mol. The molecule has 3 amide bonds. The van der Waals surface area contributed by atoms with E-state index in [1.807, 2.05) is 37.3 Å². The van der Waals surface area contributed by atoms with E-state index in [0.717, 1.165) is 24.8 Å². The zero-order chi connectivity index (χ0) is 34.2. The molecule has 0 saturated carbocycles. The molecule has 2 aromatic carbocycles. The number of carbonyl (C=O) groups excluding carboxylic acids is 5. The second kappa shape index (κ2) is 18.9. The number of nitrogens with one attached hydrogen (secondary N) is 2. The fourth-order valence-electron chi connectivity index (χ4n) is 5.16. The Labute approximate surface area is 274 Å². The van der Waals surface area contributed by atoms with Crippen LogP contribution in [0.25, 0.3) is 11.3 Å². The van der Waals surface area contributed by atoms with Crippen molar-refractivity contribution in [3.8, 4) is 11.3 Å². The first kappa shape index (κ1) is 36.5. The standard InChI is InChI=1S/C35H43N3O9/c1-5-7-9-14-28(29(6-2)38(23-39)46-21-24-12-10-8-11-13-24)33(41)36-22-37-34(42)31-18-17-30(47-31)25-15-16-27(35(43)45-4)26(19-25)20-32(40)44-3/h8,10-13,15-19,23,28-29H,5-7,9,14,20-22H2,1-4H3,(H,36,41)(H,37,42). The maximum atomic E-state index is 13.4. The maximum Gasteiger partial charge on any atom is 0.338 e. The zero-order valence-electron chi connectivity index (χ0n) is 27.3. The van der Waals surface area contributed by atoms with Crippen LogP contribution in [0.1, 0.15) is 78.0 Å². The fourth-order valence-corrected chi connectivity index (χ4v) is 5.16. The average Bonchev–Trinajstić information content (AvgIpc) is 3.60. The van der Waals surface area contributed by atoms with Crippen LogP contribution in [0.5, 0.6) is 0 Å². The van der Waals surface area contributed by atoms with Gasteiger partial charge in [-0.15, -0.1) is 0 Å². The minimum Gasteiger partial charge on any atom is -0.469 e. The quantitative estimate of drug-likeness (QED) is 0.0612. The lowest BCUT2D eigenvalue weighted by Gasteiger charge is -2.32. The molecule has 0 saturated heterocycles. The molecule has 2 N–H and O–H groups in total. The number of amides is 3. The molecule has 3 rings (SSSR count). The van der Waals surface area contributed by atoms with Gasteiger partial charge in [0.25, 0.3) is 5.91 Å². The van der Waals surface area contributed by atoms with E-state index in [2.05, 4.69) is 17.6 Å². The molecule has 0 aliphatic carbocycles. The number of benzene rings is 2. The van der Waals surface area contributed by atoms with Crippen LogP contribution in [0.4, 0.5) is 0 Å². The normalized spacial score (nSPS) is 12.0. The topological polar surface area (TPSA) is 153 Å². The molecule has 0 spiro atoms. The number of hydrogen-bond acceptors (Lipinski definition) is 9. The third kappa shape index (κ3) is 10.5. The molecule has 1 heterocycles. The van der Waals surface area contributed by atoms with Gasteiger partial charge in [0, 0.05) is 5.56 Å². The summed E-state index contributed by atoms with van der Waals surface area (Å²) >= 11 is 0. The van der Waals surface area contributed by atoms with E-state index in [0.29, 0.717) is 36.1 Å². The summed E-state index contributed by atoms with van der Waals surface area (Å²) in [5.41, 5.74) is 2.01. The number of nitrogens with zero attached hydrogens (tertiary/aromatic N) is 1. The van der Waals surface area contributed by atoms with Crippen molar-refractivity contribution in [1.82, 2.24) is 15.7 Å². The number of ether oxygens (including phenoxy) is 2. The van der Waals surface area contributed by atoms with Crippen LogP contribution in [0.15, 0.2) is 65.1 Å². The van der Waals surface area contributed by atoms with E-state index in [1.54, 1.807) is 18.2 Å². The Bertz CT molecular complexity index is 1490. The van der Waals surface area contributed by atoms with E-state index < -0.39 is 29.8 Å². The Morgan fingerprint density at radius 2 is 1.70 bits per heavy atom. The van der Waals surface area contributed by atoms with Gasteiger partial charge < -0.3 is 24.5 Å². The molecule has 0 aliphatic heterocycles. The Morgan fingerprint density at radius 1 is 0.936 bits per heavy atom. The van der Waals surface area contributed by atoms with Crippen molar-refractivity contribution in [1.29, 1.82) is 0 Å². The Balaban J connectivity index is 1.66. The summed E-state index contributed by atoms with van der Waals surface area (Å²) in [4.78, 5) is 68.3. The number of carbonyl (C=O) groups is 5. The van der Waals surface area contributed by atoms with Gasteiger partial charge in [0.15, 0.2) is 5.76 Å². The van der Waals surface area contributed by atoms with Crippen molar-refractivity contribution < 1.29 is 42.7 Å². The van der Waals surface area contributed by atoms with Gasteiger partial charge in [-0.1, -0.05) is 69.5 Å². The summed E-state index contributed by atoms with van der Waals surface area (Å²) in [5.74, 6) is -2.26. The highest BCUT2D eigenvalue weighted by atomic mass is 16.7. The van der Waals surface area contributed by atoms with E-state index >= 15 is 0 Å². The van der Waals surface area contributed by atoms with Crippen molar-refractivity contribution >= 4 is 30.2 Å². The summed E-state index contributed by atoms with van der Waals surface area (Å²) in [6.45, 7) is 3.98. The first-order valence-corrected chi connectivity index (χ1v) is 15.6. The Hall–Kier alpha value is -4.97. The van der Waals surface area contributed by atoms with Crippen LogP contribution in [0.3, 0.4) is 0 Å². The molecule has 0 aliphatic rings. The molecule has 0 radical (unpaired) electrons. The lowest BCUT2D eigenvalue weighted by Crippen LogP contribution is -2.48. The Morgan fingerprint density at radius 3 is 2.36 bits per heavy atom. The molecule has 2 unspecified atom stereocenters. The van der Waals surface area contributed by atoms with Gasteiger partial charge in [0.2, 0.25) is 12.3 Å². The number of methoxy groups -OCH3 is 2. The van der Waals surface area contributed by atoms with E-state index in [9.17, 15) is 24.0 Å². The van der Waals surface area contributed by atoms with Gasteiger partial charge in [-0.25, -0.2) is 9.86 Å². The average molecular weight is 650 g/mol. The van der Waals surface area contributed by atoms with Crippen molar-refractivity contribution in [2.45, 2.75) is 65.0 Å². The molecule has 12 nitrogen and oxygen atoms in total. The fraction of sp³-hybridized carbons (Fsp3) is 0.400. The summed E-state index contributed by atoms with van der Waals surface area (Å²) in [6.07, 6.45) is 4.16. The van der Waals surface area contributed by atoms with Crippen molar-refractivity contribution in [2.24, 2.45) is 5.92 Å². The van der Waals surface area contributed by atoms with Crippen molar-refractivity contribution in [3.05, 3.63) is 83.1 Å². The highest BCUT2D eigenvalue weighted by molar-refractivity contribution is 5.94. The van der Waals surface area contributed by atoms with E-state index in [1.165, 1.54) is 31.4 Å². The first-order chi connectivity index (χ1) is 22.8. The van der Waals surface area contributed by atoms with Crippen LogP contribution in [-0.2, 0) is 41.7 Å². The van der Waals surface area contributed by atoms with Crippen LogP contribution < -0.4 is 10.6 Å². The molecular formula is C35H43N3O9. The van der Waals surface area contributed by atoms with E-state index in [4.69, 9.17) is 18.7 Å². The van der Waals surface area contributed by atoms with Gasteiger partial charge >= 0.3 is 11.9 Å². The molecule has 1 aromatic heterocycles. The monoisotopic (exact) mass is 649 g/mol. The van der Waals surface area contributed by atoms with Gasteiger partial charge in [-0.05, 0) is 48.2 Å².